The third kappa shape index (κ3) is 25.3. The second kappa shape index (κ2) is 43.5. The summed E-state index contributed by atoms with van der Waals surface area (Å²) in [6.45, 7) is -0.501. The third-order valence-electron chi connectivity index (χ3n) is 13.8. The molecule has 0 radical (unpaired) electrons. The van der Waals surface area contributed by atoms with Gasteiger partial charge in [-0.05, 0) is 121 Å². The summed E-state index contributed by atoms with van der Waals surface area (Å²) in [5.41, 5.74) is 44.9. The molecule has 0 spiro atoms. The fourth-order valence-electron chi connectivity index (χ4n) is 8.95. The first-order valence-electron chi connectivity index (χ1n) is 30.6. The standard InChI is InChI=1S/C27H23FN8O3.C19H14FN5O2.C8H11N3O2.C8H7N3O2.C6H4N2O.C2H4ClNO.4CH4/c1-36-14-33-18-9-6-16(11-20(18)36)24-23(15-4-7-17(28)8-5-15)35-26(30)25(34-24)27(38)32-12-19-21(3-2-10-31-19)39-13-22(29)37;1-25-9-22-13-7-4-11(8-14(13)25)16-15(10-2-5-12(20)6-3-10)24-18(21)17(23-16)19(26)27;2*9-4-6-7(2-1-3-11-6)13-5-8(10)12;7-4-5-6(9)2-1-3-8-5;3-1-2(4)5;;;;/h2-11,14H,12-13H2,1H3,(H2,29,37)(H2,30,35)(H,32,38);2-9H,1H3,(H2,21,24)(H,26,27);1-3H,4-5,9H2,(H2,10,12);1-3H,5H2,(H2,10,12);1-3,9H;1H2,(H2,4,5);4*1H4. The molecule has 0 fully saturated rings. The van der Waals surface area contributed by atoms with E-state index in [-0.39, 0.29) is 120 Å². The van der Waals surface area contributed by atoms with Gasteiger partial charge in [-0.3, -0.25) is 33.9 Å². The predicted molar refractivity (Wildman–Crippen MR) is 408 cm³/mol. The Kier molecular flexibility index (Phi) is 35.4. The van der Waals surface area contributed by atoms with Gasteiger partial charge in [0.15, 0.2) is 65.7 Å². The molecule has 110 heavy (non-hydrogen) atoms. The van der Waals surface area contributed by atoms with Crippen molar-refractivity contribution in [3.63, 3.8) is 0 Å². The van der Waals surface area contributed by atoms with Gasteiger partial charge >= 0.3 is 5.97 Å². The predicted octanol–water partition coefficient (Wildman–Crippen LogP) is 7.86. The number of ether oxygens (including phenoxy) is 3. The number of nitriles is 2. The van der Waals surface area contributed by atoms with E-state index in [2.05, 4.69) is 60.9 Å². The second-order valence-corrected chi connectivity index (χ2v) is 21.6. The van der Waals surface area contributed by atoms with Crippen molar-refractivity contribution in [2.24, 2.45) is 42.8 Å². The number of aryl methyl sites for hydroxylation is 2. The highest BCUT2D eigenvalue weighted by molar-refractivity contribution is 6.27. The fraction of sp³-hybridized carbons (Fsp3) is 0.162. The topological polar surface area (TPSA) is 551 Å². The Bertz CT molecular complexity index is 5240. The summed E-state index contributed by atoms with van der Waals surface area (Å²) >= 11 is 4.86. The number of rotatable bonds is 19. The number of carbonyl (C=O) groups is 6. The van der Waals surface area contributed by atoms with Gasteiger partial charge in [0.1, 0.15) is 46.8 Å². The van der Waals surface area contributed by atoms with Gasteiger partial charge in [-0.15, -0.1) is 11.6 Å². The van der Waals surface area contributed by atoms with Gasteiger partial charge in [0.2, 0.25) is 5.91 Å². The third-order valence-corrected chi connectivity index (χ3v) is 14.1. The van der Waals surface area contributed by atoms with E-state index in [0.29, 0.717) is 67.9 Å². The number of anilines is 2. The van der Waals surface area contributed by atoms with Gasteiger partial charge in [-0.2, -0.15) is 10.5 Å². The van der Waals surface area contributed by atoms with E-state index in [1.807, 2.05) is 59.6 Å². The molecule has 5 amide bonds. The molecule has 8 aromatic heterocycles. The van der Waals surface area contributed by atoms with Crippen LogP contribution in [0.25, 0.3) is 67.1 Å². The van der Waals surface area contributed by atoms with Crippen LogP contribution < -0.4 is 59.7 Å². The molecule has 572 valence electrons. The zero-order valence-corrected chi connectivity index (χ0v) is 56.7. The Labute approximate surface area is 634 Å². The number of amides is 5. The van der Waals surface area contributed by atoms with Crippen LogP contribution in [0.15, 0.2) is 171 Å². The summed E-state index contributed by atoms with van der Waals surface area (Å²) in [4.78, 5) is 108. The van der Waals surface area contributed by atoms with Crippen molar-refractivity contribution in [1.82, 2.24) is 64.3 Å². The number of aromatic hydroxyl groups is 1. The molecule has 12 aromatic rings. The molecule has 0 aliphatic rings. The molecule has 0 aliphatic heterocycles. The number of pyridine rings is 4. The van der Waals surface area contributed by atoms with Crippen LogP contribution in [0.3, 0.4) is 0 Å². The first-order valence-corrected chi connectivity index (χ1v) is 31.1. The largest absolute Gasteiger partial charge is 0.505 e. The molecular formula is C74H79ClF2N22O11. The number of aromatic nitrogens is 12. The highest BCUT2D eigenvalue weighted by Crippen LogP contribution is 2.35. The number of nitrogens with one attached hydrogen (secondary N) is 1. The number of alkyl halides is 1. The number of aromatic carboxylic acids is 1. The SMILES string of the molecule is C.C.C.C.Cn1cnc2ccc(-c3nc(C(=O)NCc4ncccc4OCC(N)=O)c(N)nc3-c3ccc(F)cc3)cc21.Cn1cnc2ccc(-c3nc(C(=O)O)c(N)nc3-c3ccc(F)cc3)cc21.N#Cc1ncccc1O.N#Cc1ncccc1OCC(N)=O.NC(=O)CCl.NCc1ncccc1OCC(N)=O. The summed E-state index contributed by atoms with van der Waals surface area (Å²) in [5.74, 6) is -4.28. The Morgan fingerprint density at radius 1 is 0.509 bits per heavy atom. The number of carboxylic acid groups (broad SMARTS) is 1. The maximum atomic E-state index is 13.6. The lowest BCUT2D eigenvalue weighted by Gasteiger charge is -2.14. The van der Waals surface area contributed by atoms with E-state index < -0.39 is 41.3 Å². The lowest BCUT2D eigenvalue weighted by atomic mass is 10.0. The minimum atomic E-state index is -1.27. The van der Waals surface area contributed by atoms with E-state index in [1.165, 1.54) is 48.9 Å². The van der Waals surface area contributed by atoms with Crippen molar-refractivity contribution in [1.29, 1.82) is 10.5 Å². The number of nitrogen functional groups attached to an aromatic ring is 2. The molecule has 33 nitrogen and oxygen atoms in total. The Morgan fingerprint density at radius 3 is 1.29 bits per heavy atom. The minimum Gasteiger partial charge on any atom is -0.505 e. The number of nitrogens with two attached hydrogens (primary N) is 7. The Balaban J connectivity index is 0.000000381. The Morgan fingerprint density at radius 2 is 0.882 bits per heavy atom. The molecule has 8 heterocycles. The van der Waals surface area contributed by atoms with Crippen LogP contribution in [0.5, 0.6) is 23.0 Å². The molecule has 12 rings (SSSR count). The monoisotopic (exact) mass is 1520 g/mol. The van der Waals surface area contributed by atoms with E-state index in [0.717, 1.165) is 22.1 Å². The Hall–Kier alpha value is -14.7. The van der Waals surface area contributed by atoms with Gasteiger partial charge in [-0.1, -0.05) is 41.8 Å². The zero-order chi connectivity index (χ0) is 77.0. The van der Waals surface area contributed by atoms with Crippen LogP contribution in [0.4, 0.5) is 20.4 Å². The highest BCUT2D eigenvalue weighted by Gasteiger charge is 2.23. The number of carboxylic acids is 1. The molecule has 0 saturated carbocycles. The van der Waals surface area contributed by atoms with Gasteiger partial charge in [0.05, 0.1) is 69.7 Å². The van der Waals surface area contributed by atoms with Crippen molar-refractivity contribution in [3.05, 3.63) is 217 Å². The van der Waals surface area contributed by atoms with Crippen LogP contribution >= 0.6 is 11.6 Å². The maximum absolute atomic E-state index is 13.6. The molecule has 0 saturated heterocycles. The van der Waals surface area contributed by atoms with E-state index >= 15 is 0 Å². The molecule has 0 unspecified atom stereocenters. The maximum Gasteiger partial charge on any atom is 0.358 e. The summed E-state index contributed by atoms with van der Waals surface area (Å²) in [6, 6.07) is 38.8. The quantitative estimate of drug-likeness (QED) is 0.0344. The number of imidazole rings is 2. The summed E-state index contributed by atoms with van der Waals surface area (Å²) < 4.78 is 46.0. The molecule has 36 heteroatoms. The summed E-state index contributed by atoms with van der Waals surface area (Å²) in [6.07, 6.45) is 9.44. The number of carbonyl (C=O) groups excluding carboxylic acids is 5. The van der Waals surface area contributed by atoms with Crippen LogP contribution in [-0.4, -0.2) is 130 Å². The number of halogens is 3. The van der Waals surface area contributed by atoms with Gasteiger partial charge in [0.25, 0.3) is 23.6 Å². The van der Waals surface area contributed by atoms with Crippen molar-refractivity contribution in [3.8, 4) is 80.2 Å². The minimum absolute atomic E-state index is 0. The normalized spacial score (nSPS) is 9.78. The van der Waals surface area contributed by atoms with Crippen LogP contribution in [0, 0.1) is 34.3 Å². The van der Waals surface area contributed by atoms with Gasteiger partial charge < -0.3 is 79.0 Å². The molecule has 0 bridgehead atoms. The average Bonchev–Trinajstić information content (AvgIpc) is 1.13. The number of nitrogens with zero attached hydrogens (tertiary/aromatic N) is 14. The lowest BCUT2D eigenvalue weighted by Crippen LogP contribution is -2.27. The van der Waals surface area contributed by atoms with E-state index in [9.17, 15) is 42.7 Å². The fourth-order valence-corrected chi connectivity index (χ4v) is 8.95. The first-order chi connectivity index (χ1) is 50.8. The number of hydrogen-bond donors (Lipinski definition) is 10. The van der Waals surface area contributed by atoms with Crippen molar-refractivity contribution >= 4 is 80.8 Å². The molecule has 0 aliphatic carbocycles. The summed E-state index contributed by atoms with van der Waals surface area (Å²) in [7, 11) is 3.73. The number of primary amides is 4. The second-order valence-electron chi connectivity index (χ2n) is 21.3. The number of hydrogen-bond acceptors (Lipinski definition) is 25. The van der Waals surface area contributed by atoms with Gasteiger partial charge in [-0.25, -0.2) is 53.4 Å². The average molecular weight is 1530 g/mol. The lowest BCUT2D eigenvalue weighted by molar-refractivity contribution is -0.120. The summed E-state index contributed by atoms with van der Waals surface area (Å²) in [5, 5.41) is 37.7. The van der Waals surface area contributed by atoms with Crippen molar-refractivity contribution in [2.75, 3.05) is 37.2 Å². The van der Waals surface area contributed by atoms with Crippen molar-refractivity contribution < 1.29 is 62.0 Å². The van der Waals surface area contributed by atoms with Gasteiger partial charge in [0, 0.05) is 67.7 Å². The van der Waals surface area contributed by atoms with E-state index in [1.54, 1.807) is 97.7 Å². The number of fused-ring (bicyclic) bond motifs is 2. The molecule has 17 N–H and O–H groups in total. The highest BCUT2D eigenvalue weighted by atomic mass is 35.5. The molecule has 4 aromatic carbocycles. The first kappa shape index (κ1) is 89.5. The van der Waals surface area contributed by atoms with Crippen LogP contribution in [0.2, 0.25) is 0 Å². The molecule has 0 atom stereocenters. The smallest absolute Gasteiger partial charge is 0.358 e. The van der Waals surface area contributed by atoms with E-state index in [4.69, 9.17) is 75.8 Å². The van der Waals surface area contributed by atoms with Crippen LogP contribution in [0.1, 0.15) is 73.5 Å². The van der Waals surface area contributed by atoms with Crippen LogP contribution in [-0.2, 0) is 46.4 Å². The molecular weight excluding hydrogens is 1450 g/mol. The van der Waals surface area contributed by atoms with Crippen molar-refractivity contribution in [2.45, 2.75) is 42.8 Å². The zero-order valence-electron chi connectivity index (χ0n) is 55.9. The number of benzene rings is 4.